The molecule has 0 saturated carbocycles. The maximum atomic E-state index is 5.74. The van der Waals surface area contributed by atoms with Crippen molar-refractivity contribution in [3.05, 3.63) is 48.5 Å². The molecule has 3 nitrogen and oxygen atoms in total. The zero-order chi connectivity index (χ0) is 13.1. The van der Waals surface area contributed by atoms with Crippen LogP contribution in [0, 0.1) is 0 Å². The van der Waals surface area contributed by atoms with E-state index in [1.54, 1.807) is 0 Å². The largest absolute Gasteiger partial charge is 0.482 e. The summed E-state index contributed by atoms with van der Waals surface area (Å²) in [5, 5.41) is 0.648. The van der Waals surface area contributed by atoms with E-state index in [4.69, 9.17) is 9.47 Å². The van der Waals surface area contributed by atoms with E-state index in [1.807, 2.05) is 48.5 Å². The predicted octanol–water partition coefficient (Wildman–Crippen LogP) is 4.82. The Morgan fingerprint density at radius 1 is 1.00 bits per heavy atom. The van der Waals surface area contributed by atoms with Crippen LogP contribution in [0.1, 0.15) is 0 Å². The first kappa shape index (κ1) is 12.4. The van der Waals surface area contributed by atoms with Crippen molar-refractivity contribution in [1.82, 2.24) is 4.98 Å². The van der Waals surface area contributed by atoms with Gasteiger partial charge in [-0.05, 0) is 52.3 Å². The van der Waals surface area contributed by atoms with Gasteiger partial charge in [-0.15, -0.1) is 0 Å². The first-order valence-electron chi connectivity index (χ1n) is 5.67. The first-order valence-corrected chi connectivity index (χ1v) is 7.61. The Kier molecular flexibility index (Phi) is 3.66. The fourth-order valence-electron chi connectivity index (χ4n) is 1.66. The van der Waals surface area contributed by atoms with Crippen LogP contribution in [0.3, 0.4) is 0 Å². The van der Waals surface area contributed by atoms with Crippen LogP contribution in [0.15, 0.2) is 48.5 Å². The second kappa shape index (κ2) is 5.59. The fourth-order valence-corrected chi connectivity index (χ4v) is 2.76. The molecule has 0 aliphatic carbocycles. The summed E-state index contributed by atoms with van der Waals surface area (Å²) in [6, 6.07) is 15.4. The van der Waals surface area contributed by atoms with Crippen LogP contribution < -0.4 is 9.47 Å². The van der Waals surface area contributed by atoms with Gasteiger partial charge in [0, 0.05) is 0 Å². The molecule has 0 spiro atoms. The standard InChI is InChI=1S/C14H10BrNO2S/c15-9-17-10-5-7-11(8-6-10)18-14-16-12-3-1-2-4-13(12)19-14/h1-8H,9H2. The number of alkyl halides is 1. The van der Waals surface area contributed by atoms with Crippen LogP contribution >= 0.6 is 27.3 Å². The Morgan fingerprint density at radius 3 is 2.47 bits per heavy atom. The summed E-state index contributed by atoms with van der Waals surface area (Å²) in [7, 11) is 0. The van der Waals surface area contributed by atoms with Crippen molar-refractivity contribution in [2.45, 2.75) is 0 Å². The molecule has 1 heterocycles. The van der Waals surface area contributed by atoms with Crippen molar-refractivity contribution < 1.29 is 9.47 Å². The van der Waals surface area contributed by atoms with Gasteiger partial charge < -0.3 is 9.47 Å². The number of thiazole rings is 1. The molecule has 0 amide bonds. The van der Waals surface area contributed by atoms with Crippen molar-refractivity contribution in [1.29, 1.82) is 0 Å². The van der Waals surface area contributed by atoms with Gasteiger partial charge in [0.25, 0.3) is 5.19 Å². The third-order valence-corrected chi connectivity index (χ3v) is 3.67. The lowest BCUT2D eigenvalue weighted by Gasteiger charge is -2.04. The van der Waals surface area contributed by atoms with Crippen molar-refractivity contribution in [2.75, 3.05) is 5.52 Å². The summed E-state index contributed by atoms with van der Waals surface area (Å²) < 4.78 is 12.2. The molecule has 0 bridgehead atoms. The highest BCUT2D eigenvalue weighted by molar-refractivity contribution is 9.09. The lowest BCUT2D eigenvalue weighted by molar-refractivity contribution is 0.396. The van der Waals surface area contributed by atoms with Crippen LogP contribution in [0.25, 0.3) is 10.2 Å². The van der Waals surface area contributed by atoms with Gasteiger partial charge in [0.2, 0.25) is 0 Å². The molecule has 0 unspecified atom stereocenters. The lowest BCUT2D eigenvalue weighted by Crippen LogP contribution is -1.88. The van der Waals surface area contributed by atoms with Gasteiger partial charge in [0.15, 0.2) is 0 Å². The molecular formula is C14H10BrNO2S. The van der Waals surface area contributed by atoms with E-state index in [0.717, 1.165) is 21.7 Å². The number of rotatable bonds is 4. The van der Waals surface area contributed by atoms with E-state index in [2.05, 4.69) is 20.9 Å². The van der Waals surface area contributed by atoms with Crippen LogP contribution in [-0.2, 0) is 0 Å². The van der Waals surface area contributed by atoms with E-state index in [9.17, 15) is 0 Å². The molecule has 1 aromatic heterocycles. The number of benzene rings is 2. The molecule has 3 rings (SSSR count). The molecule has 5 heteroatoms. The zero-order valence-electron chi connectivity index (χ0n) is 9.88. The fraction of sp³-hybridized carbons (Fsp3) is 0.0714. The van der Waals surface area contributed by atoms with Gasteiger partial charge in [-0.1, -0.05) is 23.5 Å². The van der Waals surface area contributed by atoms with Gasteiger partial charge in [0.1, 0.15) is 17.0 Å². The molecule has 0 fully saturated rings. The number of nitrogens with zero attached hydrogens (tertiary/aromatic N) is 1. The third kappa shape index (κ3) is 2.88. The molecule has 19 heavy (non-hydrogen) atoms. The number of fused-ring (bicyclic) bond motifs is 1. The highest BCUT2D eigenvalue weighted by atomic mass is 79.9. The van der Waals surface area contributed by atoms with Crippen molar-refractivity contribution in [3.63, 3.8) is 0 Å². The summed E-state index contributed by atoms with van der Waals surface area (Å²) in [6.45, 7) is 0. The zero-order valence-corrected chi connectivity index (χ0v) is 12.3. The third-order valence-electron chi connectivity index (χ3n) is 2.52. The van der Waals surface area contributed by atoms with Gasteiger partial charge in [-0.2, -0.15) is 0 Å². The maximum absolute atomic E-state index is 5.74. The summed E-state index contributed by atoms with van der Waals surface area (Å²) in [6.07, 6.45) is 0. The molecular weight excluding hydrogens is 326 g/mol. The minimum Gasteiger partial charge on any atom is -0.482 e. The molecule has 0 saturated heterocycles. The Morgan fingerprint density at radius 2 is 1.74 bits per heavy atom. The van der Waals surface area contributed by atoms with Gasteiger partial charge in [0.05, 0.1) is 10.2 Å². The Labute approximate surface area is 122 Å². The number of para-hydroxylation sites is 1. The van der Waals surface area contributed by atoms with Crippen LogP contribution in [-0.4, -0.2) is 10.5 Å². The smallest absolute Gasteiger partial charge is 0.279 e. The molecule has 2 aromatic carbocycles. The normalized spacial score (nSPS) is 10.6. The van der Waals surface area contributed by atoms with Crippen LogP contribution in [0.4, 0.5) is 0 Å². The van der Waals surface area contributed by atoms with Crippen molar-refractivity contribution in [3.8, 4) is 16.7 Å². The Hall–Kier alpha value is -1.59. The molecule has 0 radical (unpaired) electrons. The van der Waals surface area contributed by atoms with Gasteiger partial charge in [-0.25, -0.2) is 4.98 Å². The molecule has 0 atom stereocenters. The number of halogens is 1. The monoisotopic (exact) mass is 335 g/mol. The number of hydrogen-bond acceptors (Lipinski definition) is 4. The molecule has 0 aliphatic heterocycles. The average Bonchev–Trinajstić information content (AvgIpc) is 2.83. The van der Waals surface area contributed by atoms with Crippen molar-refractivity contribution >= 4 is 37.5 Å². The van der Waals surface area contributed by atoms with E-state index in [-0.39, 0.29) is 0 Å². The average molecular weight is 336 g/mol. The Bertz CT molecular complexity index is 648. The number of aromatic nitrogens is 1. The quantitative estimate of drug-likeness (QED) is 0.640. The summed E-state index contributed by atoms with van der Waals surface area (Å²) in [5.74, 6) is 1.55. The second-order valence-electron chi connectivity index (χ2n) is 3.77. The SMILES string of the molecule is BrCOc1ccc(Oc2nc3ccccc3s2)cc1. The van der Waals surface area contributed by atoms with E-state index >= 15 is 0 Å². The number of hydrogen-bond donors (Lipinski definition) is 0. The lowest BCUT2D eigenvalue weighted by atomic mass is 10.3. The minimum atomic E-state index is 0.477. The van der Waals surface area contributed by atoms with Gasteiger partial charge >= 0.3 is 0 Å². The Balaban J connectivity index is 1.80. The summed E-state index contributed by atoms with van der Waals surface area (Å²) >= 11 is 4.75. The first-order chi connectivity index (χ1) is 9.35. The van der Waals surface area contributed by atoms with Crippen molar-refractivity contribution in [2.24, 2.45) is 0 Å². The molecule has 0 N–H and O–H groups in total. The highest BCUT2D eigenvalue weighted by Crippen LogP contribution is 2.31. The predicted molar refractivity (Wildman–Crippen MR) is 80.6 cm³/mol. The number of ether oxygens (including phenoxy) is 2. The van der Waals surface area contributed by atoms with E-state index < -0.39 is 0 Å². The van der Waals surface area contributed by atoms with Gasteiger partial charge in [-0.3, -0.25) is 0 Å². The maximum Gasteiger partial charge on any atom is 0.279 e. The van der Waals surface area contributed by atoms with Crippen LogP contribution in [0.2, 0.25) is 0 Å². The van der Waals surface area contributed by atoms with E-state index in [1.165, 1.54) is 11.3 Å². The molecule has 3 aromatic rings. The second-order valence-corrected chi connectivity index (χ2v) is 5.23. The summed E-state index contributed by atoms with van der Waals surface area (Å²) in [4.78, 5) is 4.42. The topological polar surface area (TPSA) is 31.4 Å². The molecule has 0 aliphatic rings. The summed E-state index contributed by atoms with van der Waals surface area (Å²) in [5.41, 5.74) is 1.44. The van der Waals surface area contributed by atoms with E-state index in [0.29, 0.717) is 10.7 Å². The van der Waals surface area contributed by atoms with Crippen LogP contribution in [0.5, 0.6) is 16.7 Å². The molecule has 96 valence electrons. The minimum absolute atomic E-state index is 0.477. The highest BCUT2D eigenvalue weighted by Gasteiger charge is 2.05.